The Labute approximate surface area is 162 Å². The Morgan fingerprint density at radius 2 is 1.96 bits per heavy atom. The Kier molecular flexibility index (Phi) is 6.43. The molecule has 1 atom stereocenters. The van der Waals surface area contributed by atoms with E-state index >= 15 is 0 Å². The number of rotatable bonds is 8. The molecule has 7 nitrogen and oxygen atoms in total. The minimum atomic E-state index is -0.290. The molecular weight excluding hydrogens is 362 g/mol. The molecule has 140 valence electrons. The van der Waals surface area contributed by atoms with Gasteiger partial charge in [0.1, 0.15) is 5.75 Å². The monoisotopic (exact) mass is 383 g/mol. The van der Waals surface area contributed by atoms with Crippen LogP contribution in [0.25, 0.3) is 11.4 Å². The molecule has 0 unspecified atom stereocenters. The summed E-state index contributed by atoms with van der Waals surface area (Å²) >= 11 is 1.32. The molecule has 1 aromatic carbocycles. The molecular formula is C19H21N5O2S. The number of nitrogens with one attached hydrogen (secondary N) is 2. The van der Waals surface area contributed by atoms with Gasteiger partial charge in [0.25, 0.3) is 0 Å². The SMILES string of the molecule is COc1ccc(CCNC(=O)[C@@H](C)Sc2n[nH]c(-c3ccncc3)n2)cc1. The highest BCUT2D eigenvalue weighted by atomic mass is 32.2. The number of thioether (sulfide) groups is 1. The molecule has 1 amide bonds. The van der Waals surface area contributed by atoms with Crippen molar-refractivity contribution in [1.82, 2.24) is 25.5 Å². The molecule has 27 heavy (non-hydrogen) atoms. The second kappa shape index (κ2) is 9.18. The van der Waals surface area contributed by atoms with Crippen LogP contribution >= 0.6 is 11.8 Å². The number of amides is 1. The van der Waals surface area contributed by atoms with Gasteiger partial charge in [0.15, 0.2) is 5.82 Å². The molecule has 0 aliphatic rings. The summed E-state index contributed by atoms with van der Waals surface area (Å²) in [5.41, 5.74) is 2.05. The van der Waals surface area contributed by atoms with Crippen molar-refractivity contribution in [1.29, 1.82) is 0 Å². The van der Waals surface area contributed by atoms with Crippen LogP contribution < -0.4 is 10.1 Å². The van der Waals surface area contributed by atoms with Gasteiger partial charge < -0.3 is 10.1 Å². The van der Waals surface area contributed by atoms with Gasteiger partial charge in [-0.2, -0.15) is 0 Å². The number of aromatic amines is 1. The summed E-state index contributed by atoms with van der Waals surface area (Å²) < 4.78 is 5.14. The van der Waals surface area contributed by atoms with Crippen molar-refractivity contribution < 1.29 is 9.53 Å². The number of methoxy groups -OCH3 is 1. The maximum absolute atomic E-state index is 12.3. The molecule has 0 saturated carbocycles. The topological polar surface area (TPSA) is 92.8 Å². The summed E-state index contributed by atoms with van der Waals surface area (Å²) in [5.74, 6) is 1.45. The Morgan fingerprint density at radius 3 is 2.67 bits per heavy atom. The van der Waals surface area contributed by atoms with Crippen LogP contribution in [0.4, 0.5) is 0 Å². The number of carbonyl (C=O) groups is 1. The van der Waals surface area contributed by atoms with Gasteiger partial charge in [-0.1, -0.05) is 23.9 Å². The van der Waals surface area contributed by atoms with E-state index in [1.165, 1.54) is 11.8 Å². The number of pyridine rings is 1. The largest absolute Gasteiger partial charge is 0.497 e. The predicted molar refractivity (Wildman–Crippen MR) is 105 cm³/mol. The van der Waals surface area contributed by atoms with E-state index < -0.39 is 0 Å². The van der Waals surface area contributed by atoms with Crippen molar-refractivity contribution in [2.24, 2.45) is 0 Å². The summed E-state index contributed by atoms with van der Waals surface area (Å²) in [4.78, 5) is 20.7. The second-order valence-corrected chi connectivity index (χ2v) is 7.16. The van der Waals surface area contributed by atoms with Gasteiger partial charge in [-0.25, -0.2) is 4.98 Å². The van der Waals surface area contributed by atoms with Crippen LogP contribution in [0, 0.1) is 0 Å². The zero-order chi connectivity index (χ0) is 19.1. The molecule has 0 aliphatic heterocycles. The average molecular weight is 383 g/mol. The van der Waals surface area contributed by atoms with Gasteiger partial charge in [0, 0.05) is 24.5 Å². The summed E-state index contributed by atoms with van der Waals surface area (Å²) in [5, 5.41) is 10.3. The lowest BCUT2D eigenvalue weighted by atomic mass is 10.1. The van der Waals surface area contributed by atoms with Crippen LogP contribution in [0.3, 0.4) is 0 Å². The van der Waals surface area contributed by atoms with E-state index in [1.807, 2.05) is 43.3 Å². The van der Waals surface area contributed by atoms with Gasteiger partial charge in [-0.3, -0.25) is 14.9 Å². The van der Waals surface area contributed by atoms with E-state index in [2.05, 4.69) is 25.5 Å². The Balaban J connectivity index is 1.47. The average Bonchev–Trinajstić information content (AvgIpc) is 3.17. The molecule has 0 radical (unpaired) electrons. The second-order valence-electron chi connectivity index (χ2n) is 5.85. The summed E-state index contributed by atoms with van der Waals surface area (Å²) in [7, 11) is 1.64. The van der Waals surface area contributed by atoms with Crippen molar-refractivity contribution in [3.05, 3.63) is 54.4 Å². The minimum absolute atomic E-state index is 0.0382. The fraction of sp³-hybridized carbons (Fsp3) is 0.263. The maximum atomic E-state index is 12.3. The third kappa shape index (κ3) is 5.30. The molecule has 3 rings (SSSR count). The van der Waals surface area contributed by atoms with Crippen LogP contribution in [0.5, 0.6) is 5.75 Å². The fourth-order valence-corrected chi connectivity index (χ4v) is 3.16. The first-order chi connectivity index (χ1) is 13.2. The molecule has 2 N–H and O–H groups in total. The van der Waals surface area contributed by atoms with Crippen LogP contribution in [0.15, 0.2) is 53.9 Å². The smallest absolute Gasteiger partial charge is 0.233 e. The Bertz CT molecular complexity index is 867. The number of hydrogen-bond donors (Lipinski definition) is 2. The highest BCUT2D eigenvalue weighted by Gasteiger charge is 2.17. The zero-order valence-corrected chi connectivity index (χ0v) is 16.0. The number of H-pyrrole nitrogens is 1. The highest BCUT2D eigenvalue weighted by molar-refractivity contribution is 8.00. The van der Waals surface area contributed by atoms with Gasteiger partial charge >= 0.3 is 0 Å². The Hall–Kier alpha value is -2.87. The molecule has 0 spiro atoms. The molecule has 2 aromatic heterocycles. The molecule has 0 fully saturated rings. The molecule has 0 aliphatic carbocycles. The van der Waals surface area contributed by atoms with Crippen molar-refractivity contribution >= 4 is 17.7 Å². The van der Waals surface area contributed by atoms with E-state index in [9.17, 15) is 4.79 Å². The van der Waals surface area contributed by atoms with Crippen LogP contribution in [-0.2, 0) is 11.2 Å². The molecule has 0 bridgehead atoms. The fourth-order valence-electron chi connectivity index (χ4n) is 2.42. The van der Waals surface area contributed by atoms with Gasteiger partial charge in [0.2, 0.25) is 11.1 Å². The van der Waals surface area contributed by atoms with Crippen molar-refractivity contribution in [3.63, 3.8) is 0 Å². The van der Waals surface area contributed by atoms with Crippen LogP contribution in [0.1, 0.15) is 12.5 Å². The minimum Gasteiger partial charge on any atom is -0.497 e. The number of carbonyl (C=O) groups excluding carboxylic acids is 1. The van der Waals surface area contributed by atoms with E-state index in [4.69, 9.17) is 4.74 Å². The molecule has 2 heterocycles. The lowest BCUT2D eigenvalue weighted by Crippen LogP contribution is -2.32. The number of ether oxygens (including phenoxy) is 1. The summed E-state index contributed by atoms with van der Waals surface area (Å²) in [6, 6.07) is 11.5. The van der Waals surface area contributed by atoms with Gasteiger partial charge in [-0.05, 0) is 43.2 Å². The standard InChI is InChI=1S/C19H21N5O2S/c1-13(18(25)21-12-7-14-3-5-16(26-2)6-4-14)27-19-22-17(23-24-19)15-8-10-20-11-9-15/h3-6,8-11,13H,7,12H2,1-2H3,(H,21,25)(H,22,23,24)/t13-/m1/s1. The number of aromatic nitrogens is 4. The van der Waals surface area contributed by atoms with E-state index in [0.29, 0.717) is 17.5 Å². The number of nitrogens with zero attached hydrogens (tertiary/aromatic N) is 3. The van der Waals surface area contributed by atoms with Gasteiger partial charge in [0.05, 0.1) is 12.4 Å². The number of benzene rings is 1. The maximum Gasteiger partial charge on any atom is 0.233 e. The zero-order valence-electron chi connectivity index (χ0n) is 15.2. The quantitative estimate of drug-likeness (QED) is 0.581. The normalized spacial score (nSPS) is 11.8. The third-order valence-electron chi connectivity index (χ3n) is 3.94. The van der Waals surface area contributed by atoms with Crippen molar-refractivity contribution in [3.8, 4) is 17.1 Å². The van der Waals surface area contributed by atoms with Crippen molar-refractivity contribution in [2.45, 2.75) is 23.8 Å². The number of hydrogen-bond acceptors (Lipinski definition) is 6. The summed E-state index contributed by atoms with van der Waals surface area (Å²) in [6.45, 7) is 2.42. The molecule has 3 aromatic rings. The first-order valence-electron chi connectivity index (χ1n) is 8.56. The third-order valence-corrected chi connectivity index (χ3v) is 4.90. The lowest BCUT2D eigenvalue weighted by Gasteiger charge is -2.10. The predicted octanol–water partition coefficient (Wildman–Crippen LogP) is 2.71. The first kappa shape index (κ1) is 18.9. The lowest BCUT2D eigenvalue weighted by molar-refractivity contribution is -0.120. The van der Waals surface area contributed by atoms with Crippen LogP contribution in [0.2, 0.25) is 0 Å². The highest BCUT2D eigenvalue weighted by Crippen LogP contribution is 2.22. The van der Waals surface area contributed by atoms with E-state index in [-0.39, 0.29) is 11.2 Å². The summed E-state index contributed by atoms with van der Waals surface area (Å²) in [6.07, 6.45) is 4.16. The van der Waals surface area contributed by atoms with E-state index in [1.54, 1.807) is 19.5 Å². The van der Waals surface area contributed by atoms with E-state index in [0.717, 1.165) is 23.3 Å². The Morgan fingerprint density at radius 1 is 1.22 bits per heavy atom. The first-order valence-corrected chi connectivity index (χ1v) is 9.44. The van der Waals surface area contributed by atoms with Crippen molar-refractivity contribution in [2.75, 3.05) is 13.7 Å². The van der Waals surface area contributed by atoms with Crippen LogP contribution in [-0.4, -0.2) is 45.0 Å². The van der Waals surface area contributed by atoms with Gasteiger partial charge in [-0.15, -0.1) is 5.10 Å². The molecule has 8 heteroatoms. The molecule has 0 saturated heterocycles.